The lowest BCUT2D eigenvalue weighted by Gasteiger charge is -2.08. The molecule has 0 aliphatic heterocycles. The number of halogens is 1. The molecule has 5 N–H and O–H groups in total. The minimum absolute atomic E-state index is 0.0238. The van der Waals surface area contributed by atoms with E-state index in [1.807, 2.05) is 0 Å². The molecule has 24 heavy (non-hydrogen) atoms. The van der Waals surface area contributed by atoms with E-state index in [1.54, 1.807) is 12.1 Å². The van der Waals surface area contributed by atoms with Crippen LogP contribution in [-0.2, 0) is 0 Å². The molecular formula is C16H12ClN3O4. The summed E-state index contributed by atoms with van der Waals surface area (Å²) in [6.07, 6.45) is 1.38. The third kappa shape index (κ3) is 2.97. The number of carbonyl (C=O) groups excluding carboxylic acids is 1. The van der Waals surface area contributed by atoms with Crippen molar-refractivity contribution in [2.45, 2.75) is 0 Å². The lowest BCUT2D eigenvalue weighted by Crippen LogP contribution is -2.12. The van der Waals surface area contributed by atoms with Gasteiger partial charge in [-0.1, -0.05) is 11.6 Å². The summed E-state index contributed by atoms with van der Waals surface area (Å²) < 4.78 is 0. The number of rotatable bonds is 3. The highest BCUT2D eigenvalue weighted by Gasteiger charge is 2.20. The van der Waals surface area contributed by atoms with E-state index in [9.17, 15) is 20.1 Å². The second-order valence-electron chi connectivity index (χ2n) is 4.97. The van der Waals surface area contributed by atoms with Crippen LogP contribution < -0.4 is 5.32 Å². The molecule has 1 heterocycles. The molecule has 122 valence electrons. The lowest BCUT2D eigenvalue weighted by atomic mass is 10.1. The van der Waals surface area contributed by atoms with Crippen molar-refractivity contribution in [3.05, 3.63) is 53.2 Å². The monoisotopic (exact) mass is 345 g/mol. The molecule has 0 radical (unpaired) electrons. The summed E-state index contributed by atoms with van der Waals surface area (Å²) in [5.74, 6) is -0.917. The zero-order valence-electron chi connectivity index (χ0n) is 12.1. The van der Waals surface area contributed by atoms with Gasteiger partial charge in [0, 0.05) is 23.5 Å². The van der Waals surface area contributed by atoms with Crippen LogP contribution in [0.4, 0.5) is 5.69 Å². The smallest absolute Gasteiger partial charge is 0.259 e. The minimum Gasteiger partial charge on any atom is -0.508 e. The van der Waals surface area contributed by atoms with E-state index < -0.39 is 5.91 Å². The molecule has 3 aromatic rings. The maximum Gasteiger partial charge on any atom is 0.259 e. The van der Waals surface area contributed by atoms with E-state index in [4.69, 9.17) is 11.6 Å². The Morgan fingerprint density at radius 1 is 1.08 bits per heavy atom. The Balaban J connectivity index is 1.94. The molecular weight excluding hydrogens is 334 g/mol. The number of amides is 1. The highest BCUT2D eigenvalue weighted by Crippen LogP contribution is 2.37. The Kier molecular flexibility index (Phi) is 4.01. The summed E-state index contributed by atoms with van der Waals surface area (Å²) in [6.45, 7) is 0. The van der Waals surface area contributed by atoms with Crippen molar-refractivity contribution in [1.82, 2.24) is 10.2 Å². The predicted octanol–water partition coefficient (Wildman–Crippen LogP) is 3.10. The Bertz CT molecular complexity index is 906. The van der Waals surface area contributed by atoms with Crippen LogP contribution in [0.5, 0.6) is 17.2 Å². The van der Waals surface area contributed by atoms with E-state index in [-0.39, 0.29) is 39.1 Å². The number of nitrogens with zero attached hydrogens (tertiary/aromatic N) is 1. The van der Waals surface area contributed by atoms with Gasteiger partial charge in [0.05, 0.1) is 10.6 Å². The zero-order valence-corrected chi connectivity index (χ0v) is 12.9. The predicted molar refractivity (Wildman–Crippen MR) is 88.4 cm³/mol. The maximum absolute atomic E-state index is 12.4. The minimum atomic E-state index is -0.465. The van der Waals surface area contributed by atoms with E-state index in [0.717, 1.165) is 6.07 Å². The van der Waals surface area contributed by atoms with E-state index >= 15 is 0 Å². The van der Waals surface area contributed by atoms with Crippen LogP contribution in [-0.4, -0.2) is 31.4 Å². The van der Waals surface area contributed by atoms with Gasteiger partial charge in [-0.2, -0.15) is 5.10 Å². The van der Waals surface area contributed by atoms with Crippen LogP contribution in [0, 0.1) is 0 Å². The lowest BCUT2D eigenvalue weighted by molar-refractivity contribution is 0.102. The Morgan fingerprint density at radius 2 is 1.79 bits per heavy atom. The third-order valence-corrected chi connectivity index (χ3v) is 3.63. The van der Waals surface area contributed by atoms with Gasteiger partial charge in [0.1, 0.15) is 22.9 Å². The number of aromatic nitrogens is 2. The fourth-order valence-electron chi connectivity index (χ4n) is 2.15. The number of aromatic amines is 1. The highest BCUT2D eigenvalue weighted by molar-refractivity contribution is 6.32. The topological polar surface area (TPSA) is 118 Å². The van der Waals surface area contributed by atoms with E-state index in [0.29, 0.717) is 5.69 Å². The highest BCUT2D eigenvalue weighted by atomic mass is 35.5. The number of phenols is 3. The fraction of sp³-hybridized carbons (Fsp3) is 0. The molecule has 1 amide bonds. The van der Waals surface area contributed by atoms with Crippen molar-refractivity contribution >= 4 is 23.2 Å². The maximum atomic E-state index is 12.4. The van der Waals surface area contributed by atoms with Gasteiger partial charge in [0.2, 0.25) is 0 Å². The SMILES string of the molecule is O=C(Nc1ccc(O)cc1)c1c[nH]nc1-c1cc(Cl)c(O)cc1O. The number of aromatic hydroxyl groups is 3. The zero-order chi connectivity index (χ0) is 17.3. The van der Waals surface area contributed by atoms with Crippen molar-refractivity contribution in [2.24, 2.45) is 0 Å². The summed E-state index contributed by atoms with van der Waals surface area (Å²) in [4.78, 5) is 12.4. The first-order chi connectivity index (χ1) is 11.5. The molecule has 0 atom stereocenters. The number of benzene rings is 2. The molecule has 8 heteroatoms. The first kappa shape index (κ1) is 15.7. The van der Waals surface area contributed by atoms with Crippen molar-refractivity contribution in [3.63, 3.8) is 0 Å². The number of anilines is 1. The largest absolute Gasteiger partial charge is 0.508 e. The van der Waals surface area contributed by atoms with Gasteiger partial charge >= 0.3 is 0 Å². The van der Waals surface area contributed by atoms with Crippen molar-refractivity contribution in [1.29, 1.82) is 0 Å². The Labute approximate surface area is 141 Å². The van der Waals surface area contributed by atoms with Gasteiger partial charge in [0.25, 0.3) is 5.91 Å². The van der Waals surface area contributed by atoms with Crippen LogP contribution in [0.1, 0.15) is 10.4 Å². The van der Waals surface area contributed by atoms with Crippen molar-refractivity contribution < 1.29 is 20.1 Å². The van der Waals surface area contributed by atoms with Crippen molar-refractivity contribution in [2.75, 3.05) is 5.32 Å². The summed E-state index contributed by atoms with van der Waals surface area (Å²) in [7, 11) is 0. The number of carbonyl (C=O) groups is 1. The van der Waals surface area contributed by atoms with E-state index in [1.165, 1.54) is 24.4 Å². The number of phenolic OH excluding ortho intramolecular Hbond substituents is 3. The Morgan fingerprint density at radius 3 is 2.50 bits per heavy atom. The van der Waals surface area contributed by atoms with Crippen LogP contribution in [0.2, 0.25) is 5.02 Å². The van der Waals surface area contributed by atoms with Gasteiger partial charge in [-0.3, -0.25) is 9.89 Å². The molecule has 0 saturated carbocycles. The summed E-state index contributed by atoms with van der Waals surface area (Å²) in [5.41, 5.74) is 1.05. The second-order valence-corrected chi connectivity index (χ2v) is 5.38. The Hall–Kier alpha value is -3.19. The molecule has 1 aromatic heterocycles. The van der Waals surface area contributed by atoms with Crippen LogP contribution >= 0.6 is 11.6 Å². The average Bonchev–Trinajstić information content (AvgIpc) is 3.02. The number of hydrogen-bond acceptors (Lipinski definition) is 5. The third-order valence-electron chi connectivity index (χ3n) is 3.33. The van der Waals surface area contributed by atoms with Gasteiger partial charge in [-0.25, -0.2) is 0 Å². The standard InChI is InChI=1S/C16H12ClN3O4/c17-12-5-10(13(22)6-14(12)23)15-11(7-18-20-15)16(24)19-8-1-3-9(21)4-2-8/h1-7,21-23H,(H,18,20)(H,19,24). The molecule has 0 bridgehead atoms. The normalized spacial score (nSPS) is 10.5. The quantitative estimate of drug-likeness (QED) is 0.467. The first-order valence-electron chi connectivity index (χ1n) is 6.81. The van der Waals surface area contributed by atoms with E-state index in [2.05, 4.69) is 15.5 Å². The summed E-state index contributed by atoms with van der Waals surface area (Å²) >= 11 is 5.86. The molecule has 0 saturated heterocycles. The molecule has 7 nitrogen and oxygen atoms in total. The molecule has 0 spiro atoms. The van der Waals surface area contributed by atoms with Crippen LogP contribution in [0.3, 0.4) is 0 Å². The van der Waals surface area contributed by atoms with Gasteiger partial charge in [-0.15, -0.1) is 0 Å². The molecule has 0 aliphatic rings. The average molecular weight is 346 g/mol. The van der Waals surface area contributed by atoms with Crippen LogP contribution in [0.15, 0.2) is 42.6 Å². The van der Waals surface area contributed by atoms with Crippen LogP contribution in [0.25, 0.3) is 11.3 Å². The molecule has 3 rings (SSSR count). The molecule has 0 unspecified atom stereocenters. The molecule has 0 fully saturated rings. The summed E-state index contributed by atoms with van der Waals surface area (Å²) in [6, 6.07) is 8.37. The van der Waals surface area contributed by atoms with Crippen molar-refractivity contribution in [3.8, 4) is 28.5 Å². The van der Waals surface area contributed by atoms with Gasteiger partial charge < -0.3 is 20.6 Å². The number of H-pyrrole nitrogens is 1. The molecule has 0 aliphatic carbocycles. The number of hydrogen-bond donors (Lipinski definition) is 5. The first-order valence-corrected chi connectivity index (χ1v) is 7.19. The second kappa shape index (κ2) is 6.13. The summed E-state index contributed by atoms with van der Waals surface area (Å²) in [5, 5.41) is 38.0. The fourth-order valence-corrected chi connectivity index (χ4v) is 2.32. The molecule has 2 aromatic carbocycles. The van der Waals surface area contributed by atoms with Gasteiger partial charge in [0.15, 0.2) is 0 Å². The number of nitrogens with one attached hydrogen (secondary N) is 2. The van der Waals surface area contributed by atoms with Gasteiger partial charge in [-0.05, 0) is 30.3 Å².